The van der Waals surface area contributed by atoms with Gasteiger partial charge < -0.3 is 14.5 Å². The molecule has 19 heavy (non-hydrogen) atoms. The van der Waals surface area contributed by atoms with Gasteiger partial charge in [0.2, 0.25) is 5.91 Å². The lowest BCUT2D eigenvalue weighted by Crippen LogP contribution is -2.40. The van der Waals surface area contributed by atoms with E-state index < -0.39 is 5.97 Å². The van der Waals surface area contributed by atoms with Crippen LogP contribution in [0.5, 0.6) is 0 Å². The minimum absolute atomic E-state index is 0.0360. The summed E-state index contributed by atoms with van der Waals surface area (Å²) in [4.78, 5) is 24.5. The van der Waals surface area contributed by atoms with Crippen molar-refractivity contribution in [3.05, 3.63) is 18.0 Å². The molecule has 6 nitrogen and oxygen atoms in total. The summed E-state index contributed by atoms with van der Waals surface area (Å²) in [5.41, 5.74) is 0.637. The number of likely N-dealkylation sites (tertiary alicyclic amines) is 1. The Bertz CT molecular complexity index is 430. The van der Waals surface area contributed by atoms with Gasteiger partial charge in [-0.15, -0.1) is 0 Å². The minimum atomic E-state index is -0.772. The maximum atomic E-state index is 12.1. The predicted molar refractivity (Wildman–Crippen MR) is 66.4 cm³/mol. The van der Waals surface area contributed by atoms with Gasteiger partial charge in [0.1, 0.15) is 6.26 Å². The summed E-state index contributed by atoms with van der Waals surface area (Å²) in [5, 5.41) is 12.4. The molecule has 0 spiro atoms. The average molecular weight is 266 g/mol. The Kier molecular flexibility index (Phi) is 4.54. The second-order valence-corrected chi connectivity index (χ2v) is 4.95. The molecule has 1 atom stereocenters. The number of aliphatic carboxylic acids is 1. The minimum Gasteiger partial charge on any atom is -0.481 e. The third-order valence-electron chi connectivity index (χ3n) is 3.46. The third-order valence-corrected chi connectivity index (χ3v) is 3.46. The summed E-state index contributed by atoms with van der Waals surface area (Å²) in [6.07, 6.45) is 4.46. The Morgan fingerprint density at radius 3 is 3.05 bits per heavy atom. The molecule has 2 heterocycles. The number of hydrogen-bond donors (Lipinski definition) is 1. The maximum absolute atomic E-state index is 12.1. The van der Waals surface area contributed by atoms with Gasteiger partial charge in [-0.05, 0) is 25.2 Å². The monoisotopic (exact) mass is 266 g/mol. The predicted octanol–water partition coefficient (Wildman–Crippen LogP) is 1.32. The topological polar surface area (TPSA) is 83.6 Å². The van der Waals surface area contributed by atoms with E-state index in [2.05, 4.69) is 5.16 Å². The van der Waals surface area contributed by atoms with Crippen LogP contribution < -0.4 is 0 Å². The molecule has 1 unspecified atom stereocenters. The summed E-state index contributed by atoms with van der Waals surface area (Å²) in [6.45, 7) is 1.41. The number of nitrogens with zero attached hydrogens (tertiary/aromatic N) is 2. The zero-order valence-corrected chi connectivity index (χ0v) is 10.7. The van der Waals surface area contributed by atoms with Crippen molar-refractivity contribution in [3.63, 3.8) is 0 Å². The van der Waals surface area contributed by atoms with Crippen molar-refractivity contribution in [2.75, 3.05) is 13.1 Å². The summed E-state index contributed by atoms with van der Waals surface area (Å²) in [6, 6.07) is 1.68. The molecular weight excluding hydrogens is 248 g/mol. The summed E-state index contributed by atoms with van der Waals surface area (Å²) in [5.74, 6) is -0.439. The number of carboxylic acid groups (broad SMARTS) is 1. The second-order valence-electron chi connectivity index (χ2n) is 4.95. The van der Waals surface area contributed by atoms with Crippen molar-refractivity contribution in [2.24, 2.45) is 5.92 Å². The Morgan fingerprint density at radius 2 is 2.37 bits per heavy atom. The third kappa shape index (κ3) is 4.08. The van der Waals surface area contributed by atoms with Crippen LogP contribution in [-0.4, -0.2) is 40.1 Å². The Hall–Kier alpha value is -1.85. The molecule has 0 bridgehead atoms. The molecule has 1 aliphatic rings. The first-order valence-corrected chi connectivity index (χ1v) is 6.54. The molecule has 1 N–H and O–H groups in total. The highest BCUT2D eigenvalue weighted by Gasteiger charge is 2.24. The van der Waals surface area contributed by atoms with Crippen LogP contribution in [-0.2, 0) is 16.0 Å². The molecule has 0 radical (unpaired) electrons. The molecule has 6 heteroatoms. The lowest BCUT2D eigenvalue weighted by Gasteiger charge is -2.32. The molecule has 0 saturated carbocycles. The second kappa shape index (κ2) is 6.36. The van der Waals surface area contributed by atoms with Crippen LogP contribution in [0, 0.1) is 5.92 Å². The number of rotatable bonds is 5. The van der Waals surface area contributed by atoms with Gasteiger partial charge in [-0.3, -0.25) is 9.59 Å². The van der Waals surface area contributed by atoms with Crippen LogP contribution >= 0.6 is 0 Å². The van der Waals surface area contributed by atoms with Gasteiger partial charge in [0.25, 0.3) is 0 Å². The quantitative estimate of drug-likeness (QED) is 0.869. The number of carboxylic acids is 1. The Morgan fingerprint density at radius 1 is 1.53 bits per heavy atom. The molecule has 1 fully saturated rings. The Balaban J connectivity index is 1.82. The average Bonchev–Trinajstić information content (AvgIpc) is 2.89. The molecule has 1 aromatic heterocycles. The van der Waals surface area contributed by atoms with E-state index in [0.717, 1.165) is 19.4 Å². The highest BCUT2D eigenvalue weighted by molar-refractivity contribution is 5.78. The van der Waals surface area contributed by atoms with E-state index in [1.165, 1.54) is 6.26 Å². The first-order chi connectivity index (χ1) is 9.15. The van der Waals surface area contributed by atoms with Crippen molar-refractivity contribution in [1.82, 2.24) is 10.1 Å². The van der Waals surface area contributed by atoms with Crippen LogP contribution in [0.2, 0.25) is 0 Å². The van der Waals surface area contributed by atoms with E-state index in [1.807, 2.05) is 4.90 Å². The number of carbonyl (C=O) groups is 2. The number of carbonyl (C=O) groups excluding carboxylic acids is 1. The van der Waals surface area contributed by atoms with Gasteiger partial charge in [0.15, 0.2) is 0 Å². The lowest BCUT2D eigenvalue weighted by atomic mass is 9.93. The SMILES string of the molecule is O=C(O)CCC1CCCN(C(=O)Cc2ccon2)C1. The molecule has 0 aromatic carbocycles. The number of hydrogen-bond acceptors (Lipinski definition) is 4. The molecule has 1 amide bonds. The highest BCUT2D eigenvalue weighted by atomic mass is 16.5. The summed E-state index contributed by atoms with van der Waals surface area (Å²) < 4.78 is 4.70. The van der Waals surface area contributed by atoms with Crippen molar-refractivity contribution < 1.29 is 19.2 Å². The molecule has 0 aliphatic carbocycles. The van der Waals surface area contributed by atoms with Crippen molar-refractivity contribution in [3.8, 4) is 0 Å². The Labute approximate surface area is 111 Å². The highest BCUT2D eigenvalue weighted by Crippen LogP contribution is 2.21. The fourth-order valence-corrected chi connectivity index (χ4v) is 2.45. The van der Waals surface area contributed by atoms with Gasteiger partial charge >= 0.3 is 5.97 Å². The summed E-state index contributed by atoms with van der Waals surface area (Å²) >= 11 is 0. The van der Waals surface area contributed by atoms with Crippen LogP contribution in [0.4, 0.5) is 0 Å². The fraction of sp³-hybridized carbons (Fsp3) is 0.615. The number of aromatic nitrogens is 1. The molecule has 104 valence electrons. The largest absolute Gasteiger partial charge is 0.481 e. The number of amides is 1. The van der Waals surface area contributed by atoms with Crippen molar-refractivity contribution in [1.29, 1.82) is 0 Å². The van der Waals surface area contributed by atoms with Crippen molar-refractivity contribution >= 4 is 11.9 Å². The molecule has 2 rings (SSSR count). The zero-order valence-electron chi connectivity index (χ0n) is 10.7. The molecule has 1 aromatic rings. The smallest absolute Gasteiger partial charge is 0.303 e. The molecule has 1 aliphatic heterocycles. The molecule has 1 saturated heterocycles. The summed E-state index contributed by atoms with van der Waals surface area (Å²) in [7, 11) is 0. The van der Waals surface area contributed by atoms with Crippen LogP contribution in [0.3, 0.4) is 0 Å². The molecular formula is C13H18N2O4. The van der Waals surface area contributed by atoms with E-state index in [9.17, 15) is 9.59 Å². The van der Waals surface area contributed by atoms with E-state index >= 15 is 0 Å². The van der Waals surface area contributed by atoms with E-state index in [4.69, 9.17) is 9.63 Å². The van der Waals surface area contributed by atoms with Crippen molar-refractivity contribution in [2.45, 2.75) is 32.1 Å². The lowest BCUT2D eigenvalue weighted by molar-refractivity contribution is -0.137. The normalized spacial score (nSPS) is 19.4. The first kappa shape index (κ1) is 13.6. The maximum Gasteiger partial charge on any atom is 0.303 e. The van der Waals surface area contributed by atoms with Gasteiger partial charge in [-0.25, -0.2) is 0 Å². The van der Waals surface area contributed by atoms with Gasteiger partial charge in [-0.2, -0.15) is 0 Å². The van der Waals surface area contributed by atoms with Crippen LogP contribution in [0.1, 0.15) is 31.4 Å². The van der Waals surface area contributed by atoms with Crippen LogP contribution in [0.25, 0.3) is 0 Å². The van der Waals surface area contributed by atoms with E-state index in [-0.39, 0.29) is 18.7 Å². The van der Waals surface area contributed by atoms with E-state index in [0.29, 0.717) is 24.6 Å². The van der Waals surface area contributed by atoms with Gasteiger partial charge in [-0.1, -0.05) is 5.16 Å². The standard InChI is InChI=1S/C13H18N2O4/c16-12(8-11-5-7-19-14-11)15-6-1-2-10(9-15)3-4-13(17)18/h5,7,10H,1-4,6,8-9H2,(H,17,18). The zero-order chi connectivity index (χ0) is 13.7. The van der Waals surface area contributed by atoms with Crippen LogP contribution in [0.15, 0.2) is 16.9 Å². The van der Waals surface area contributed by atoms with Gasteiger partial charge in [0, 0.05) is 25.6 Å². The first-order valence-electron chi connectivity index (χ1n) is 6.54. The number of piperidine rings is 1. The van der Waals surface area contributed by atoms with E-state index in [1.54, 1.807) is 6.07 Å². The fourth-order valence-electron chi connectivity index (χ4n) is 2.45. The van der Waals surface area contributed by atoms with Gasteiger partial charge in [0.05, 0.1) is 12.1 Å².